The predicted molar refractivity (Wildman–Crippen MR) is 64.6 cm³/mol. The Morgan fingerprint density at radius 1 is 1.47 bits per heavy atom. The van der Waals surface area contributed by atoms with E-state index in [9.17, 15) is 0 Å². The zero-order valence-electron chi connectivity index (χ0n) is 8.57. The maximum atomic E-state index is 5.69. The van der Waals surface area contributed by atoms with Crippen molar-refractivity contribution in [1.82, 2.24) is 5.32 Å². The minimum absolute atomic E-state index is 0.0207. The van der Waals surface area contributed by atoms with E-state index in [-0.39, 0.29) is 6.04 Å². The van der Waals surface area contributed by atoms with Gasteiger partial charge in [0.1, 0.15) is 0 Å². The molecule has 0 spiro atoms. The zero-order valence-corrected chi connectivity index (χ0v) is 9.38. The van der Waals surface area contributed by atoms with E-state index in [0.717, 1.165) is 5.56 Å². The number of rotatable bonds is 2. The van der Waals surface area contributed by atoms with Crippen LogP contribution in [-0.2, 0) is 10.3 Å². The van der Waals surface area contributed by atoms with Gasteiger partial charge in [0.05, 0.1) is 6.04 Å². The summed E-state index contributed by atoms with van der Waals surface area (Å²) in [6, 6.07) is 10.1. The summed E-state index contributed by atoms with van der Waals surface area (Å²) in [5.74, 6) is 0. The fourth-order valence-electron chi connectivity index (χ4n) is 1.84. The molecular formula is C12H13NOS. The molecule has 78 valence electrons. The van der Waals surface area contributed by atoms with Crippen LogP contribution in [0.4, 0.5) is 0 Å². The lowest BCUT2D eigenvalue weighted by Gasteiger charge is -2.27. The van der Waals surface area contributed by atoms with Crippen molar-refractivity contribution in [3.8, 4) is 0 Å². The normalized spacial score (nSPS) is 29.4. The van der Waals surface area contributed by atoms with Crippen molar-refractivity contribution in [3.63, 3.8) is 0 Å². The Bertz CT molecular complexity index is 390. The maximum Gasteiger partial charge on any atom is 0.258 e. The van der Waals surface area contributed by atoms with Crippen LogP contribution in [0.25, 0.3) is 0 Å². The third-order valence-corrected chi connectivity index (χ3v) is 2.96. The molecule has 1 aliphatic rings. The monoisotopic (exact) mass is 219 g/mol. The highest BCUT2D eigenvalue weighted by Gasteiger charge is 2.43. The van der Waals surface area contributed by atoms with Crippen molar-refractivity contribution >= 4 is 17.4 Å². The number of ether oxygens (including phenoxy) is 1. The topological polar surface area (TPSA) is 21.3 Å². The number of thiocarbonyl (C=S) groups is 1. The first kappa shape index (κ1) is 10.2. The van der Waals surface area contributed by atoms with Crippen LogP contribution in [-0.4, -0.2) is 11.2 Å². The second-order valence-electron chi connectivity index (χ2n) is 3.72. The largest absolute Gasteiger partial charge is 0.457 e. The molecule has 0 amide bonds. The van der Waals surface area contributed by atoms with Gasteiger partial charge >= 0.3 is 0 Å². The van der Waals surface area contributed by atoms with Gasteiger partial charge in [0, 0.05) is 0 Å². The van der Waals surface area contributed by atoms with Gasteiger partial charge in [0.2, 0.25) is 0 Å². The number of hydrogen-bond donors (Lipinski definition) is 1. The highest BCUT2D eigenvalue weighted by Crippen LogP contribution is 2.33. The van der Waals surface area contributed by atoms with Crippen molar-refractivity contribution in [2.45, 2.75) is 18.6 Å². The van der Waals surface area contributed by atoms with E-state index in [1.54, 1.807) is 0 Å². The first-order chi connectivity index (χ1) is 7.16. The van der Waals surface area contributed by atoms with Crippen LogP contribution in [0.5, 0.6) is 0 Å². The molecule has 2 nitrogen and oxygen atoms in total. The molecular weight excluding hydrogens is 206 g/mol. The Kier molecular flexibility index (Phi) is 2.49. The average molecular weight is 219 g/mol. The van der Waals surface area contributed by atoms with Gasteiger partial charge in [-0.15, -0.1) is 6.58 Å². The summed E-state index contributed by atoms with van der Waals surface area (Å²) in [6.45, 7) is 5.81. The summed E-state index contributed by atoms with van der Waals surface area (Å²) in [6.07, 6.45) is 1.83. The van der Waals surface area contributed by atoms with Crippen LogP contribution < -0.4 is 5.32 Å². The number of benzene rings is 1. The molecule has 1 aliphatic heterocycles. The Morgan fingerprint density at radius 2 is 2.13 bits per heavy atom. The van der Waals surface area contributed by atoms with E-state index in [4.69, 9.17) is 17.0 Å². The predicted octanol–water partition coefficient (Wildman–Crippen LogP) is 2.36. The van der Waals surface area contributed by atoms with Crippen molar-refractivity contribution < 1.29 is 4.74 Å². The molecule has 1 N–H and O–H groups in total. The van der Waals surface area contributed by atoms with Crippen LogP contribution in [0, 0.1) is 0 Å². The van der Waals surface area contributed by atoms with Crippen LogP contribution in [0.2, 0.25) is 0 Å². The maximum absolute atomic E-state index is 5.69. The van der Waals surface area contributed by atoms with Crippen LogP contribution >= 0.6 is 12.2 Å². The fourth-order valence-corrected chi connectivity index (χ4v) is 2.14. The van der Waals surface area contributed by atoms with E-state index in [1.807, 2.05) is 43.3 Å². The summed E-state index contributed by atoms with van der Waals surface area (Å²) in [7, 11) is 0. The summed E-state index contributed by atoms with van der Waals surface area (Å²) in [5.41, 5.74) is 0.655. The molecule has 1 saturated heterocycles. The molecule has 0 saturated carbocycles. The summed E-state index contributed by atoms with van der Waals surface area (Å²) in [5, 5.41) is 3.52. The third kappa shape index (κ3) is 1.63. The summed E-state index contributed by atoms with van der Waals surface area (Å²) < 4.78 is 5.69. The lowest BCUT2D eigenvalue weighted by atomic mass is 9.89. The SMILES string of the molecule is C=C[C@@H]1NC(=S)O[C@]1(C)c1ccccc1. The molecule has 0 unspecified atom stereocenters. The standard InChI is InChI=1S/C12H13NOS/c1-3-10-12(2,14-11(15)13-10)9-7-5-4-6-8-9/h3-8,10H,1H2,2H3,(H,13,15)/t10-,12+/m0/s1. The van der Waals surface area contributed by atoms with Crippen molar-refractivity contribution in [3.05, 3.63) is 48.6 Å². The molecule has 2 rings (SSSR count). The van der Waals surface area contributed by atoms with Gasteiger partial charge in [0.15, 0.2) is 5.60 Å². The fraction of sp³-hybridized carbons (Fsp3) is 0.250. The molecule has 0 aromatic heterocycles. The van der Waals surface area contributed by atoms with Gasteiger partial charge in [-0.3, -0.25) is 0 Å². The highest BCUT2D eigenvalue weighted by molar-refractivity contribution is 7.80. The van der Waals surface area contributed by atoms with Gasteiger partial charge in [-0.1, -0.05) is 36.4 Å². The molecule has 0 radical (unpaired) electrons. The van der Waals surface area contributed by atoms with E-state index in [2.05, 4.69) is 11.9 Å². The third-order valence-electron chi connectivity index (χ3n) is 2.75. The molecule has 2 atom stereocenters. The first-order valence-electron chi connectivity index (χ1n) is 4.84. The number of nitrogens with one attached hydrogen (secondary N) is 1. The molecule has 3 heteroatoms. The molecule has 1 aromatic rings. The van der Waals surface area contributed by atoms with Gasteiger partial charge in [-0.2, -0.15) is 0 Å². The second-order valence-corrected chi connectivity index (χ2v) is 4.09. The molecule has 1 fully saturated rings. The minimum Gasteiger partial charge on any atom is -0.457 e. The van der Waals surface area contributed by atoms with Gasteiger partial charge in [-0.05, 0) is 24.7 Å². The molecule has 15 heavy (non-hydrogen) atoms. The van der Waals surface area contributed by atoms with Crippen LogP contribution in [0.15, 0.2) is 43.0 Å². The van der Waals surface area contributed by atoms with Crippen molar-refractivity contribution in [1.29, 1.82) is 0 Å². The smallest absolute Gasteiger partial charge is 0.258 e. The van der Waals surface area contributed by atoms with E-state index < -0.39 is 5.60 Å². The lowest BCUT2D eigenvalue weighted by molar-refractivity contribution is 0.0974. The summed E-state index contributed by atoms with van der Waals surface area (Å²) in [4.78, 5) is 0. The van der Waals surface area contributed by atoms with Crippen molar-refractivity contribution in [2.24, 2.45) is 0 Å². The van der Waals surface area contributed by atoms with Gasteiger partial charge in [0.25, 0.3) is 5.17 Å². The molecule has 1 heterocycles. The zero-order chi connectivity index (χ0) is 10.9. The Hall–Kier alpha value is -1.35. The van der Waals surface area contributed by atoms with E-state index >= 15 is 0 Å². The van der Waals surface area contributed by atoms with E-state index in [1.165, 1.54) is 0 Å². The highest BCUT2D eigenvalue weighted by atomic mass is 32.1. The first-order valence-corrected chi connectivity index (χ1v) is 5.25. The summed E-state index contributed by atoms with van der Waals surface area (Å²) >= 11 is 5.03. The Labute approximate surface area is 94.9 Å². The minimum atomic E-state index is -0.444. The van der Waals surface area contributed by atoms with Crippen molar-refractivity contribution in [2.75, 3.05) is 0 Å². The van der Waals surface area contributed by atoms with Crippen LogP contribution in [0.1, 0.15) is 12.5 Å². The average Bonchev–Trinajstić information content (AvgIpc) is 2.56. The van der Waals surface area contributed by atoms with Gasteiger partial charge < -0.3 is 10.1 Å². The van der Waals surface area contributed by atoms with Crippen LogP contribution in [0.3, 0.4) is 0 Å². The second kappa shape index (κ2) is 3.66. The molecule has 0 bridgehead atoms. The quantitative estimate of drug-likeness (QED) is 0.609. The van der Waals surface area contributed by atoms with Gasteiger partial charge in [-0.25, -0.2) is 0 Å². The Balaban J connectivity index is 2.41. The lowest BCUT2D eigenvalue weighted by Crippen LogP contribution is -2.36. The molecule has 0 aliphatic carbocycles. The Morgan fingerprint density at radius 3 is 2.73 bits per heavy atom. The molecule has 1 aromatic carbocycles. The number of hydrogen-bond acceptors (Lipinski definition) is 2. The van der Waals surface area contributed by atoms with E-state index in [0.29, 0.717) is 5.17 Å².